The Morgan fingerprint density at radius 2 is 1.93 bits per heavy atom. The number of benzene rings is 1. The van der Waals surface area contributed by atoms with Crippen LogP contribution < -0.4 is 5.32 Å². The van der Waals surface area contributed by atoms with Gasteiger partial charge in [0.15, 0.2) is 0 Å². The van der Waals surface area contributed by atoms with Gasteiger partial charge in [-0.15, -0.1) is 0 Å². The van der Waals surface area contributed by atoms with Crippen LogP contribution in [0.5, 0.6) is 5.75 Å². The minimum absolute atomic E-state index is 0.0455. The van der Waals surface area contributed by atoms with Crippen molar-refractivity contribution in [2.45, 2.75) is 0 Å². The highest BCUT2D eigenvalue weighted by molar-refractivity contribution is 6.36. The van der Waals surface area contributed by atoms with Crippen molar-refractivity contribution in [1.29, 1.82) is 0 Å². The van der Waals surface area contributed by atoms with Crippen LogP contribution in [0.25, 0.3) is 33.9 Å². The number of aromatic hydroxyl groups is 1. The number of phenols is 1. The summed E-state index contributed by atoms with van der Waals surface area (Å²) in [6.07, 6.45) is 5.15. The number of fused-ring (bicyclic) bond motifs is 5. The number of hydrogen-bond acceptors (Lipinski definition) is 5. The summed E-state index contributed by atoms with van der Waals surface area (Å²) in [5.74, 6) is 1.07. The van der Waals surface area contributed by atoms with Gasteiger partial charge in [-0.1, -0.05) is 23.2 Å². The molecule has 4 aromatic rings. The third kappa shape index (κ3) is 2.53. The third-order valence-electron chi connectivity index (χ3n) is 4.38. The van der Waals surface area contributed by atoms with E-state index in [1.165, 1.54) is 6.07 Å². The number of H-pyrrole nitrogens is 1. The number of phenolic OH excluding ortho intramolecular Hbond substituents is 1. The van der Waals surface area contributed by atoms with E-state index in [9.17, 15) is 5.11 Å². The number of pyridine rings is 2. The molecule has 8 heteroatoms. The molecular weight excluding hydrogens is 385 g/mol. The summed E-state index contributed by atoms with van der Waals surface area (Å²) in [6.45, 7) is 0. The first-order valence-electron chi connectivity index (χ1n) is 8.07. The molecule has 132 valence electrons. The number of rotatable bonds is 1. The van der Waals surface area contributed by atoms with Crippen LogP contribution in [0.3, 0.4) is 0 Å². The molecule has 1 aliphatic heterocycles. The molecule has 27 heavy (non-hydrogen) atoms. The average Bonchev–Trinajstić information content (AvgIpc) is 3.01. The fraction of sp³-hybridized carbons (Fsp3) is 0. The minimum Gasteiger partial charge on any atom is -0.507 e. The number of halogens is 2. The number of nitrogens with zero attached hydrogens (tertiary/aromatic N) is 3. The van der Waals surface area contributed by atoms with Gasteiger partial charge in [0.05, 0.1) is 28.2 Å². The van der Waals surface area contributed by atoms with E-state index in [-0.39, 0.29) is 5.75 Å². The molecule has 0 fully saturated rings. The number of anilines is 2. The summed E-state index contributed by atoms with van der Waals surface area (Å²) in [4.78, 5) is 16.6. The maximum Gasteiger partial charge on any atom is 0.143 e. The van der Waals surface area contributed by atoms with Crippen molar-refractivity contribution < 1.29 is 5.11 Å². The Hall–Kier alpha value is -3.09. The lowest BCUT2D eigenvalue weighted by Gasteiger charge is -2.08. The summed E-state index contributed by atoms with van der Waals surface area (Å²) >= 11 is 12.3. The van der Waals surface area contributed by atoms with Gasteiger partial charge in [0.25, 0.3) is 0 Å². The van der Waals surface area contributed by atoms with Gasteiger partial charge < -0.3 is 15.4 Å². The van der Waals surface area contributed by atoms with Crippen LogP contribution in [0.15, 0.2) is 48.9 Å². The van der Waals surface area contributed by atoms with E-state index in [1.54, 1.807) is 24.7 Å². The van der Waals surface area contributed by atoms with Crippen molar-refractivity contribution in [2.75, 3.05) is 5.32 Å². The van der Waals surface area contributed by atoms with E-state index in [0.717, 1.165) is 22.5 Å². The van der Waals surface area contributed by atoms with E-state index < -0.39 is 0 Å². The van der Waals surface area contributed by atoms with Crippen molar-refractivity contribution in [3.63, 3.8) is 0 Å². The van der Waals surface area contributed by atoms with Gasteiger partial charge in [-0.25, -0.2) is 9.97 Å². The van der Waals surface area contributed by atoms with Crippen LogP contribution in [-0.2, 0) is 0 Å². The molecule has 3 aromatic heterocycles. The molecule has 3 N–H and O–H groups in total. The van der Waals surface area contributed by atoms with Crippen LogP contribution in [0.1, 0.15) is 0 Å². The molecule has 1 aromatic carbocycles. The van der Waals surface area contributed by atoms with E-state index >= 15 is 0 Å². The highest BCUT2D eigenvalue weighted by Crippen LogP contribution is 2.45. The van der Waals surface area contributed by atoms with Crippen molar-refractivity contribution in [2.24, 2.45) is 0 Å². The molecule has 5 rings (SSSR count). The standard InChI is InChI=1S/C19H11Cl2N5O/c20-9-6-12(21)15(14(27)7-9)19-25-16-10-3-5-22-8-13(10)24-18-11(17(16)26-19)2-1-4-23-18/h1-8,27H,(H,23,24)(H,25,26). The van der Waals surface area contributed by atoms with Crippen LogP contribution in [-0.4, -0.2) is 25.0 Å². The van der Waals surface area contributed by atoms with Crippen molar-refractivity contribution in [3.05, 3.63) is 59.0 Å². The lowest BCUT2D eigenvalue weighted by molar-refractivity contribution is 0.477. The second-order valence-electron chi connectivity index (χ2n) is 6.04. The van der Waals surface area contributed by atoms with Crippen molar-refractivity contribution >= 4 is 34.7 Å². The highest BCUT2D eigenvalue weighted by Gasteiger charge is 2.25. The first-order valence-corrected chi connectivity index (χ1v) is 8.82. The largest absolute Gasteiger partial charge is 0.507 e. The predicted octanol–water partition coefficient (Wildman–Crippen LogP) is 5.27. The van der Waals surface area contributed by atoms with Crippen LogP contribution >= 0.6 is 23.2 Å². The summed E-state index contributed by atoms with van der Waals surface area (Å²) in [6, 6.07) is 8.67. The van der Waals surface area contributed by atoms with Gasteiger partial charge in [-0.3, -0.25) is 4.98 Å². The van der Waals surface area contributed by atoms with Gasteiger partial charge in [0.2, 0.25) is 0 Å². The quantitative estimate of drug-likeness (QED) is 0.359. The first kappa shape index (κ1) is 16.1. The van der Waals surface area contributed by atoms with Crippen LogP contribution in [0.2, 0.25) is 10.0 Å². The zero-order valence-electron chi connectivity index (χ0n) is 13.7. The molecular formula is C19H11Cl2N5O. The van der Waals surface area contributed by atoms with Gasteiger partial charge in [-0.2, -0.15) is 0 Å². The molecule has 4 heterocycles. The van der Waals surface area contributed by atoms with Crippen LogP contribution in [0, 0.1) is 0 Å². The number of aromatic nitrogens is 4. The number of hydrogen-bond donors (Lipinski definition) is 3. The first-order chi connectivity index (χ1) is 13.1. The monoisotopic (exact) mass is 395 g/mol. The fourth-order valence-electron chi connectivity index (χ4n) is 3.21. The van der Waals surface area contributed by atoms with Gasteiger partial charge >= 0.3 is 0 Å². The smallest absolute Gasteiger partial charge is 0.143 e. The Morgan fingerprint density at radius 3 is 2.78 bits per heavy atom. The van der Waals surface area contributed by atoms with E-state index in [4.69, 9.17) is 28.2 Å². The van der Waals surface area contributed by atoms with Crippen molar-refractivity contribution in [3.8, 4) is 39.7 Å². The lowest BCUT2D eigenvalue weighted by Crippen LogP contribution is -1.95. The molecule has 6 nitrogen and oxygen atoms in total. The number of aromatic amines is 1. The molecule has 0 bridgehead atoms. The second kappa shape index (κ2) is 5.97. The lowest BCUT2D eigenvalue weighted by atomic mass is 10.1. The molecule has 0 amide bonds. The van der Waals surface area contributed by atoms with Gasteiger partial charge in [-0.05, 0) is 30.3 Å². The number of nitrogens with one attached hydrogen (secondary N) is 2. The summed E-state index contributed by atoms with van der Waals surface area (Å²) in [5, 5.41) is 14.3. The predicted molar refractivity (Wildman–Crippen MR) is 105 cm³/mol. The van der Waals surface area contributed by atoms with Crippen LogP contribution in [0.4, 0.5) is 11.5 Å². The zero-order valence-corrected chi connectivity index (χ0v) is 15.2. The summed E-state index contributed by atoms with van der Waals surface area (Å²) < 4.78 is 0. The Kier molecular flexibility index (Phi) is 3.56. The molecule has 0 saturated heterocycles. The number of imidazole rings is 1. The Labute approximate surface area is 163 Å². The Balaban J connectivity index is 1.82. The zero-order chi connectivity index (χ0) is 18.5. The molecule has 0 radical (unpaired) electrons. The molecule has 0 saturated carbocycles. The summed E-state index contributed by atoms with van der Waals surface area (Å²) in [7, 11) is 0. The van der Waals surface area contributed by atoms with E-state index in [0.29, 0.717) is 32.9 Å². The maximum atomic E-state index is 10.4. The maximum absolute atomic E-state index is 10.4. The Morgan fingerprint density at radius 1 is 1.04 bits per heavy atom. The minimum atomic E-state index is -0.0455. The molecule has 0 atom stereocenters. The molecule has 0 spiro atoms. The van der Waals surface area contributed by atoms with E-state index in [2.05, 4.69) is 20.3 Å². The average molecular weight is 396 g/mol. The molecule has 0 aliphatic carbocycles. The molecule has 1 aliphatic rings. The summed E-state index contributed by atoms with van der Waals surface area (Å²) in [5.41, 5.74) is 4.40. The molecule has 0 unspecified atom stereocenters. The second-order valence-corrected chi connectivity index (χ2v) is 6.88. The third-order valence-corrected chi connectivity index (χ3v) is 4.90. The van der Waals surface area contributed by atoms with Gasteiger partial charge in [0, 0.05) is 28.5 Å². The highest BCUT2D eigenvalue weighted by atomic mass is 35.5. The Bertz CT molecular complexity index is 1120. The normalized spacial score (nSPS) is 11.8. The fourth-order valence-corrected chi connectivity index (χ4v) is 3.78. The SMILES string of the molecule is Oc1cc(Cl)cc(Cl)c1-c1nc2c([nH]1)-c1ccncc1Nc1ncccc1-2. The van der Waals surface area contributed by atoms with E-state index in [1.807, 2.05) is 18.2 Å². The van der Waals surface area contributed by atoms with Gasteiger partial charge in [0.1, 0.15) is 23.1 Å². The topological polar surface area (TPSA) is 86.7 Å². The van der Waals surface area contributed by atoms with Crippen molar-refractivity contribution in [1.82, 2.24) is 19.9 Å².